The van der Waals surface area contributed by atoms with Crippen LogP contribution in [0.1, 0.15) is 48.8 Å². The molecule has 2 amide bonds. The fourth-order valence-electron chi connectivity index (χ4n) is 3.68. The summed E-state index contributed by atoms with van der Waals surface area (Å²) in [7, 11) is 0. The molecule has 7 nitrogen and oxygen atoms in total. The Labute approximate surface area is 185 Å². The average Bonchev–Trinajstić information content (AvgIpc) is 3.14. The number of rotatable bonds is 9. The number of carbonyl (C=O) groups excluding carboxylic acids is 2. The smallest absolute Gasteiger partial charge is 0.254 e. The van der Waals surface area contributed by atoms with Crippen LogP contribution in [-0.4, -0.2) is 38.4 Å². The van der Waals surface area contributed by atoms with Gasteiger partial charge in [-0.25, -0.2) is 4.39 Å². The molecule has 0 spiro atoms. The summed E-state index contributed by atoms with van der Waals surface area (Å²) in [5, 5.41) is 14.7. The molecule has 2 N–H and O–H groups in total. The molecule has 2 aromatic rings. The van der Waals surface area contributed by atoms with E-state index in [-0.39, 0.29) is 29.8 Å². The first-order valence-corrected chi connectivity index (χ1v) is 11.5. The highest BCUT2D eigenvalue weighted by atomic mass is 32.2. The van der Waals surface area contributed by atoms with E-state index in [0.29, 0.717) is 23.4 Å². The molecule has 0 radical (unpaired) electrons. The topological polar surface area (TPSA) is 88.9 Å². The second-order valence-corrected chi connectivity index (χ2v) is 8.63. The van der Waals surface area contributed by atoms with Gasteiger partial charge in [0.05, 0.1) is 17.9 Å². The first kappa shape index (κ1) is 23.0. The van der Waals surface area contributed by atoms with E-state index in [4.69, 9.17) is 0 Å². The van der Waals surface area contributed by atoms with Crippen molar-refractivity contribution in [1.82, 2.24) is 25.4 Å². The molecule has 1 saturated carbocycles. The Morgan fingerprint density at radius 1 is 1.29 bits per heavy atom. The van der Waals surface area contributed by atoms with E-state index in [2.05, 4.69) is 34.3 Å². The van der Waals surface area contributed by atoms with Crippen LogP contribution in [0.5, 0.6) is 0 Å². The first-order valence-electron chi connectivity index (χ1n) is 10.5. The zero-order valence-electron chi connectivity index (χ0n) is 17.6. The first-order chi connectivity index (χ1) is 15.0. The Bertz CT molecular complexity index is 932. The lowest BCUT2D eigenvalue weighted by atomic mass is 9.86. The maximum atomic E-state index is 13.8. The number of nitrogens with one attached hydrogen (secondary N) is 2. The van der Waals surface area contributed by atoms with Gasteiger partial charge in [-0.15, -0.1) is 16.8 Å². The minimum absolute atomic E-state index is 0.0219. The number of allylic oxidation sites excluding steroid dienone is 1. The molecule has 0 aliphatic heterocycles. The van der Waals surface area contributed by atoms with Crippen molar-refractivity contribution in [2.24, 2.45) is 5.92 Å². The number of carbonyl (C=O) groups is 2. The Kier molecular flexibility index (Phi) is 8.22. The van der Waals surface area contributed by atoms with Crippen LogP contribution in [-0.2, 0) is 17.9 Å². The van der Waals surface area contributed by atoms with Gasteiger partial charge >= 0.3 is 0 Å². The SMILES string of the molecule is C=CCn1c(CNC(=O)c2ccccc2F)nnc1SCC(=O)NC1CCCCC1C. The Morgan fingerprint density at radius 3 is 2.81 bits per heavy atom. The number of hydrogen-bond acceptors (Lipinski definition) is 5. The van der Waals surface area contributed by atoms with Gasteiger partial charge < -0.3 is 15.2 Å². The van der Waals surface area contributed by atoms with Crippen molar-refractivity contribution in [2.45, 2.75) is 56.9 Å². The van der Waals surface area contributed by atoms with Gasteiger partial charge in [0.15, 0.2) is 11.0 Å². The van der Waals surface area contributed by atoms with Gasteiger partial charge in [0.2, 0.25) is 5.91 Å². The summed E-state index contributed by atoms with van der Waals surface area (Å²) in [6.45, 7) is 6.45. The normalized spacial score (nSPS) is 18.4. The molecule has 0 bridgehead atoms. The zero-order valence-corrected chi connectivity index (χ0v) is 18.5. The molecule has 1 fully saturated rings. The van der Waals surface area contributed by atoms with Gasteiger partial charge in [0, 0.05) is 12.6 Å². The predicted molar refractivity (Wildman–Crippen MR) is 118 cm³/mol. The van der Waals surface area contributed by atoms with Gasteiger partial charge in [-0.2, -0.15) is 0 Å². The lowest BCUT2D eigenvalue weighted by molar-refractivity contribution is -0.119. The molecule has 9 heteroatoms. The molecule has 1 aliphatic carbocycles. The highest BCUT2D eigenvalue weighted by Crippen LogP contribution is 2.24. The predicted octanol–water partition coefficient (Wildman–Crippen LogP) is 3.32. The summed E-state index contributed by atoms with van der Waals surface area (Å²) in [6.07, 6.45) is 6.24. The molecule has 0 saturated heterocycles. The number of aromatic nitrogens is 3. The number of nitrogens with zero attached hydrogens (tertiary/aromatic N) is 3. The summed E-state index contributed by atoms with van der Waals surface area (Å²) >= 11 is 1.30. The minimum Gasteiger partial charge on any atom is -0.352 e. The van der Waals surface area contributed by atoms with Crippen molar-refractivity contribution in [3.05, 3.63) is 54.1 Å². The van der Waals surface area contributed by atoms with Crippen LogP contribution in [0, 0.1) is 11.7 Å². The molecule has 31 heavy (non-hydrogen) atoms. The van der Waals surface area contributed by atoms with E-state index >= 15 is 0 Å². The molecule has 1 heterocycles. The van der Waals surface area contributed by atoms with Gasteiger partial charge in [0.25, 0.3) is 5.91 Å². The number of halogens is 1. The third kappa shape index (κ3) is 6.16. The van der Waals surface area contributed by atoms with Crippen LogP contribution < -0.4 is 10.6 Å². The largest absolute Gasteiger partial charge is 0.352 e. The van der Waals surface area contributed by atoms with E-state index in [1.54, 1.807) is 16.7 Å². The second kappa shape index (κ2) is 11.1. The zero-order chi connectivity index (χ0) is 22.2. The highest BCUT2D eigenvalue weighted by molar-refractivity contribution is 7.99. The second-order valence-electron chi connectivity index (χ2n) is 7.69. The van der Waals surface area contributed by atoms with E-state index in [0.717, 1.165) is 19.3 Å². The third-order valence-electron chi connectivity index (χ3n) is 5.42. The number of benzene rings is 1. The van der Waals surface area contributed by atoms with Crippen LogP contribution in [0.25, 0.3) is 0 Å². The molecule has 1 aromatic carbocycles. The Balaban J connectivity index is 1.58. The Morgan fingerprint density at radius 2 is 2.06 bits per heavy atom. The monoisotopic (exact) mass is 445 g/mol. The van der Waals surface area contributed by atoms with Crippen molar-refractivity contribution in [2.75, 3.05) is 5.75 Å². The van der Waals surface area contributed by atoms with Gasteiger partial charge in [0.1, 0.15) is 5.82 Å². The van der Waals surface area contributed by atoms with E-state index in [9.17, 15) is 14.0 Å². The highest BCUT2D eigenvalue weighted by Gasteiger charge is 2.23. The van der Waals surface area contributed by atoms with Crippen molar-refractivity contribution >= 4 is 23.6 Å². The standard InChI is InChI=1S/C22H28FN5O2S/c1-3-12-28-19(13-24-21(30)16-9-5-6-10-17(16)23)26-27-22(28)31-14-20(29)25-18-11-7-4-8-15(18)2/h3,5-6,9-10,15,18H,1,4,7-8,11-14H2,2H3,(H,24,30)(H,25,29). The summed E-state index contributed by atoms with van der Waals surface area (Å²) in [4.78, 5) is 24.7. The molecule has 1 aromatic heterocycles. The quantitative estimate of drug-likeness (QED) is 0.457. The summed E-state index contributed by atoms with van der Waals surface area (Å²) in [5.41, 5.74) is -0.0273. The maximum absolute atomic E-state index is 13.8. The van der Waals surface area contributed by atoms with Crippen LogP contribution in [0.2, 0.25) is 0 Å². The lowest BCUT2D eigenvalue weighted by Gasteiger charge is -2.29. The van der Waals surface area contributed by atoms with Crippen LogP contribution in [0.15, 0.2) is 42.1 Å². The fraction of sp³-hybridized carbons (Fsp3) is 0.455. The third-order valence-corrected chi connectivity index (χ3v) is 6.39. The molecule has 3 rings (SSSR count). The van der Waals surface area contributed by atoms with E-state index < -0.39 is 11.7 Å². The number of thioether (sulfide) groups is 1. The molecule has 1 aliphatic rings. The summed E-state index contributed by atoms with van der Waals surface area (Å²) in [5.74, 6) is 0.111. The molecule has 2 unspecified atom stereocenters. The van der Waals surface area contributed by atoms with E-state index in [1.165, 1.54) is 36.4 Å². The number of hydrogen-bond donors (Lipinski definition) is 2. The molecule has 166 valence electrons. The van der Waals surface area contributed by atoms with Gasteiger partial charge in [-0.3, -0.25) is 9.59 Å². The van der Waals surface area contributed by atoms with Crippen molar-refractivity contribution < 1.29 is 14.0 Å². The van der Waals surface area contributed by atoms with E-state index in [1.807, 2.05) is 0 Å². The Hall–Kier alpha value is -2.68. The van der Waals surface area contributed by atoms with Crippen LogP contribution in [0.4, 0.5) is 4.39 Å². The van der Waals surface area contributed by atoms with Crippen LogP contribution >= 0.6 is 11.8 Å². The molecule has 2 atom stereocenters. The van der Waals surface area contributed by atoms with Crippen molar-refractivity contribution in [1.29, 1.82) is 0 Å². The van der Waals surface area contributed by atoms with Gasteiger partial charge in [-0.1, -0.05) is 49.7 Å². The molecular formula is C22H28FN5O2S. The number of amides is 2. The fourth-order valence-corrected chi connectivity index (χ4v) is 4.46. The van der Waals surface area contributed by atoms with Crippen molar-refractivity contribution in [3.63, 3.8) is 0 Å². The average molecular weight is 446 g/mol. The van der Waals surface area contributed by atoms with Crippen molar-refractivity contribution in [3.8, 4) is 0 Å². The van der Waals surface area contributed by atoms with Crippen LogP contribution in [0.3, 0.4) is 0 Å². The summed E-state index contributed by atoms with van der Waals surface area (Å²) < 4.78 is 15.6. The molecular weight excluding hydrogens is 417 g/mol. The summed E-state index contributed by atoms with van der Waals surface area (Å²) in [6, 6.07) is 6.03. The maximum Gasteiger partial charge on any atom is 0.254 e. The lowest BCUT2D eigenvalue weighted by Crippen LogP contribution is -2.41. The van der Waals surface area contributed by atoms with Gasteiger partial charge in [-0.05, 0) is 30.9 Å². The minimum atomic E-state index is -0.581.